The molecule has 1 N–H and O–H groups in total. The van der Waals surface area contributed by atoms with Gasteiger partial charge in [-0.3, -0.25) is 0 Å². The number of aliphatic hydroxyl groups excluding tert-OH is 1. The number of aliphatic hydroxyl groups is 1. The zero-order valence-corrected chi connectivity index (χ0v) is 13.8. The first kappa shape index (κ1) is 16.4. The summed E-state index contributed by atoms with van der Waals surface area (Å²) in [5, 5.41) is 9.32. The molecule has 6 heteroatoms. The van der Waals surface area contributed by atoms with Gasteiger partial charge in [0.15, 0.2) is 0 Å². The Balaban J connectivity index is 2.41. The van der Waals surface area contributed by atoms with E-state index >= 15 is 0 Å². The lowest BCUT2D eigenvalue weighted by atomic mass is 10.1. The molecule has 0 spiro atoms. The smallest absolute Gasteiger partial charge is 0.243 e. The fraction of sp³-hybridized carbons (Fsp3) is 0.600. The molecule has 0 unspecified atom stereocenters. The van der Waals surface area contributed by atoms with Crippen LogP contribution in [0, 0.1) is 13.8 Å². The molecule has 2 rings (SSSR count). The van der Waals surface area contributed by atoms with Gasteiger partial charge in [0.2, 0.25) is 10.0 Å². The van der Waals surface area contributed by atoms with Crippen LogP contribution in [0.2, 0.25) is 0 Å². The Kier molecular flexibility index (Phi) is 5.03. The molecule has 1 fully saturated rings. The minimum Gasteiger partial charge on any atom is -0.392 e. The number of sulfonamides is 1. The molecule has 0 atom stereocenters. The Labute approximate surface area is 127 Å². The van der Waals surface area contributed by atoms with Crippen LogP contribution in [-0.2, 0) is 16.6 Å². The Morgan fingerprint density at radius 2 is 1.86 bits per heavy atom. The van der Waals surface area contributed by atoms with Gasteiger partial charge in [-0.05, 0) is 56.6 Å². The van der Waals surface area contributed by atoms with Crippen molar-refractivity contribution in [3.63, 3.8) is 0 Å². The minimum absolute atomic E-state index is 0.146. The summed E-state index contributed by atoms with van der Waals surface area (Å²) in [6, 6.07) is 3.44. The molecule has 1 aliphatic rings. The number of hydrogen-bond acceptors (Lipinski definition) is 4. The van der Waals surface area contributed by atoms with Crippen LogP contribution in [0.15, 0.2) is 17.0 Å². The summed E-state index contributed by atoms with van der Waals surface area (Å²) in [6.45, 7) is 6.29. The molecular weight excluding hydrogens is 288 g/mol. The van der Waals surface area contributed by atoms with Crippen LogP contribution < -0.4 is 0 Å². The highest BCUT2D eigenvalue weighted by atomic mass is 32.2. The van der Waals surface area contributed by atoms with Crippen LogP contribution in [0.1, 0.15) is 23.1 Å². The van der Waals surface area contributed by atoms with Crippen molar-refractivity contribution in [1.29, 1.82) is 0 Å². The van der Waals surface area contributed by atoms with E-state index < -0.39 is 10.0 Å². The van der Waals surface area contributed by atoms with E-state index in [1.807, 2.05) is 27.0 Å². The maximum Gasteiger partial charge on any atom is 0.243 e. The molecule has 0 aromatic heterocycles. The summed E-state index contributed by atoms with van der Waals surface area (Å²) in [6.07, 6.45) is 0.841. The van der Waals surface area contributed by atoms with Crippen LogP contribution in [0.25, 0.3) is 0 Å². The van der Waals surface area contributed by atoms with Crippen molar-refractivity contribution in [1.82, 2.24) is 9.21 Å². The number of hydrogen-bond donors (Lipinski definition) is 1. The van der Waals surface area contributed by atoms with Gasteiger partial charge in [0.1, 0.15) is 0 Å². The van der Waals surface area contributed by atoms with E-state index in [1.165, 1.54) is 0 Å². The molecule has 0 radical (unpaired) electrons. The summed E-state index contributed by atoms with van der Waals surface area (Å²) in [5.74, 6) is 0. The van der Waals surface area contributed by atoms with Gasteiger partial charge < -0.3 is 10.0 Å². The van der Waals surface area contributed by atoms with E-state index in [-0.39, 0.29) is 6.61 Å². The zero-order chi connectivity index (χ0) is 15.6. The first-order valence-electron chi connectivity index (χ1n) is 7.26. The fourth-order valence-electron chi connectivity index (χ4n) is 2.66. The van der Waals surface area contributed by atoms with Gasteiger partial charge in [-0.2, -0.15) is 4.31 Å². The number of rotatable bonds is 3. The van der Waals surface area contributed by atoms with Crippen molar-refractivity contribution >= 4 is 10.0 Å². The summed E-state index contributed by atoms with van der Waals surface area (Å²) in [7, 11) is -1.49. The summed E-state index contributed by atoms with van der Waals surface area (Å²) in [4.78, 5) is 2.48. The Bertz CT molecular complexity index is 614. The maximum atomic E-state index is 12.9. The molecule has 118 valence electrons. The summed E-state index contributed by atoms with van der Waals surface area (Å²) in [5.41, 5.74) is 2.31. The molecule has 0 aliphatic carbocycles. The van der Waals surface area contributed by atoms with Crippen molar-refractivity contribution in [3.05, 3.63) is 28.8 Å². The van der Waals surface area contributed by atoms with Crippen molar-refractivity contribution in [2.24, 2.45) is 0 Å². The van der Waals surface area contributed by atoms with Gasteiger partial charge in [0.25, 0.3) is 0 Å². The predicted molar refractivity (Wildman–Crippen MR) is 82.7 cm³/mol. The lowest BCUT2D eigenvalue weighted by Crippen LogP contribution is -2.35. The normalized spacial score (nSPS) is 18.7. The van der Waals surface area contributed by atoms with E-state index in [9.17, 15) is 13.5 Å². The van der Waals surface area contributed by atoms with Crippen molar-refractivity contribution in [2.75, 3.05) is 33.2 Å². The number of nitrogens with zero attached hydrogens (tertiary/aromatic N) is 2. The van der Waals surface area contributed by atoms with Gasteiger partial charge in [-0.15, -0.1) is 0 Å². The van der Waals surface area contributed by atoms with Gasteiger partial charge in [-0.1, -0.05) is 6.07 Å². The molecule has 21 heavy (non-hydrogen) atoms. The number of likely N-dealkylation sites (N-methyl/N-ethyl adjacent to an activating group) is 1. The summed E-state index contributed by atoms with van der Waals surface area (Å²) < 4.78 is 27.4. The molecule has 0 bridgehead atoms. The third-order valence-electron chi connectivity index (χ3n) is 4.16. The van der Waals surface area contributed by atoms with E-state index in [2.05, 4.69) is 4.90 Å². The standard InChI is InChI=1S/C15H24N2O3S/c1-12-9-14(11-18)10-15(13(12)2)21(19,20)17-6-4-5-16(3)7-8-17/h9-10,18H,4-8,11H2,1-3H3. The third kappa shape index (κ3) is 3.45. The second-order valence-electron chi connectivity index (χ2n) is 5.75. The van der Waals surface area contributed by atoms with Crippen molar-refractivity contribution < 1.29 is 13.5 Å². The summed E-state index contributed by atoms with van der Waals surface area (Å²) >= 11 is 0. The monoisotopic (exact) mass is 312 g/mol. The minimum atomic E-state index is -3.50. The Morgan fingerprint density at radius 3 is 2.52 bits per heavy atom. The van der Waals surface area contributed by atoms with Gasteiger partial charge in [0, 0.05) is 19.6 Å². The lowest BCUT2D eigenvalue weighted by Gasteiger charge is -2.22. The first-order valence-corrected chi connectivity index (χ1v) is 8.70. The quantitative estimate of drug-likeness (QED) is 0.909. The molecule has 1 saturated heterocycles. The van der Waals surface area contributed by atoms with Crippen LogP contribution >= 0.6 is 0 Å². The second-order valence-corrected chi connectivity index (χ2v) is 7.66. The highest BCUT2D eigenvalue weighted by Crippen LogP contribution is 2.25. The topological polar surface area (TPSA) is 60.9 Å². The van der Waals surface area contributed by atoms with Gasteiger partial charge in [0.05, 0.1) is 11.5 Å². The van der Waals surface area contributed by atoms with Crippen molar-refractivity contribution in [3.8, 4) is 0 Å². The van der Waals surface area contributed by atoms with Gasteiger partial charge >= 0.3 is 0 Å². The molecule has 0 saturated carbocycles. The van der Waals surface area contributed by atoms with E-state index in [0.717, 1.165) is 30.6 Å². The van der Waals surface area contributed by atoms with E-state index in [1.54, 1.807) is 10.4 Å². The first-order chi connectivity index (χ1) is 9.86. The highest BCUT2D eigenvalue weighted by molar-refractivity contribution is 7.89. The number of aryl methyl sites for hydroxylation is 1. The fourth-order valence-corrected chi connectivity index (χ4v) is 4.48. The van der Waals surface area contributed by atoms with Crippen LogP contribution in [0.5, 0.6) is 0 Å². The maximum absolute atomic E-state index is 12.9. The van der Waals surface area contributed by atoms with Crippen LogP contribution in [-0.4, -0.2) is 56.0 Å². The third-order valence-corrected chi connectivity index (χ3v) is 6.18. The van der Waals surface area contributed by atoms with E-state index in [4.69, 9.17) is 0 Å². The largest absolute Gasteiger partial charge is 0.392 e. The van der Waals surface area contributed by atoms with Crippen molar-refractivity contribution in [2.45, 2.75) is 31.8 Å². The molecule has 5 nitrogen and oxygen atoms in total. The average Bonchev–Trinajstić information content (AvgIpc) is 2.66. The zero-order valence-electron chi connectivity index (χ0n) is 13.0. The Hall–Kier alpha value is -0.950. The molecule has 1 aliphatic heterocycles. The molecule has 1 aromatic carbocycles. The molecular formula is C15H24N2O3S. The number of benzene rings is 1. The van der Waals surface area contributed by atoms with E-state index in [0.29, 0.717) is 23.5 Å². The van der Waals surface area contributed by atoms with Crippen LogP contribution in [0.3, 0.4) is 0 Å². The Morgan fingerprint density at radius 1 is 1.14 bits per heavy atom. The SMILES string of the molecule is Cc1cc(CO)cc(S(=O)(=O)N2CCCN(C)CC2)c1C. The molecule has 1 aromatic rings. The predicted octanol–water partition coefficient (Wildman–Crippen LogP) is 1.12. The lowest BCUT2D eigenvalue weighted by molar-refractivity contribution is 0.281. The molecule has 0 amide bonds. The van der Waals surface area contributed by atoms with Gasteiger partial charge in [-0.25, -0.2) is 8.42 Å². The average molecular weight is 312 g/mol. The highest BCUT2D eigenvalue weighted by Gasteiger charge is 2.28. The second kappa shape index (κ2) is 6.44. The van der Waals surface area contributed by atoms with Crippen LogP contribution in [0.4, 0.5) is 0 Å². The molecule has 1 heterocycles.